The van der Waals surface area contributed by atoms with Gasteiger partial charge in [0.2, 0.25) is 0 Å². The molecular weight excluding hydrogens is 400 g/mol. The molecule has 2 N–H and O–H groups in total. The highest BCUT2D eigenvalue weighted by Gasteiger charge is 2.47. The molecule has 1 aliphatic heterocycles. The van der Waals surface area contributed by atoms with Crippen LogP contribution < -0.4 is 5.73 Å². The first-order chi connectivity index (χ1) is 12.7. The molecule has 0 saturated carbocycles. The standard InChI is InChI=1S/C14H29N3O8P2/c1-5-21-14(18)13(15)10-8-9-11-17-12(4)16-24-27(20,23-7-3)25-26(17,19)22-6-2/h13H,5-11,15H2,1-4H3. The zero-order valence-corrected chi connectivity index (χ0v) is 17.9. The Morgan fingerprint density at radius 2 is 1.85 bits per heavy atom. The fourth-order valence-corrected chi connectivity index (χ4v) is 5.94. The number of esters is 1. The average Bonchev–Trinajstić information content (AvgIpc) is 2.68. The number of ether oxygens (including phenoxy) is 1. The Hall–Kier alpha value is -0.960. The first-order valence-electron chi connectivity index (χ1n) is 8.85. The molecule has 3 unspecified atom stereocenters. The molecule has 0 amide bonds. The summed E-state index contributed by atoms with van der Waals surface area (Å²) in [6.07, 6.45) is 1.45. The molecule has 0 saturated heterocycles. The molecule has 0 aliphatic carbocycles. The van der Waals surface area contributed by atoms with Gasteiger partial charge in [-0.1, -0.05) is 5.16 Å². The van der Waals surface area contributed by atoms with Crippen molar-refractivity contribution in [1.29, 1.82) is 0 Å². The average molecular weight is 429 g/mol. The normalized spacial score (nSPS) is 26.7. The summed E-state index contributed by atoms with van der Waals surface area (Å²) in [4.78, 5) is 11.5. The maximum Gasteiger partial charge on any atom is 0.559 e. The van der Waals surface area contributed by atoms with Crippen LogP contribution in [0.1, 0.15) is 47.0 Å². The van der Waals surface area contributed by atoms with E-state index in [0.29, 0.717) is 19.3 Å². The van der Waals surface area contributed by atoms with E-state index >= 15 is 0 Å². The topological polar surface area (TPSA) is 139 Å². The van der Waals surface area contributed by atoms with E-state index in [4.69, 9.17) is 28.5 Å². The number of phosphoric acid groups is 1. The van der Waals surface area contributed by atoms with Crippen molar-refractivity contribution in [2.45, 2.75) is 53.0 Å². The van der Waals surface area contributed by atoms with E-state index in [-0.39, 0.29) is 32.2 Å². The molecule has 11 nitrogen and oxygen atoms in total. The Balaban J connectivity index is 2.77. The van der Waals surface area contributed by atoms with Gasteiger partial charge >= 0.3 is 21.5 Å². The molecule has 3 atom stereocenters. The molecule has 1 aliphatic rings. The summed E-state index contributed by atoms with van der Waals surface area (Å²) in [7, 11) is -8.16. The van der Waals surface area contributed by atoms with Gasteiger partial charge in [-0.05, 0) is 47.0 Å². The van der Waals surface area contributed by atoms with Crippen LogP contribution in [0.4, 0.5) is 0 Å². The minimum Gasteiger partial charge on any atom is -0.465 e. The fourth-order valence-electron chi connectivity index (χ4n) is 2.26. The van der Waals surface area contributed by atoms with Gasteiger partial charge in [-0.3, -0.25) is 23.1 Å². The van der Waals surface area contributed by atoms with E-state index in [1.807, 2.05) is 0 Å². The highest BCUT2D eigenvalue weighted by atomic mass is 31.3. The molecule has 0 bridgehead atoms. The Bertz CT molecular complexity index is 615. The number of oxime groups is 1. The third-order valence-electron chi connectivity index (χ3n) is 3.45. The van der Waals surface area contributed by atoms with Gasteiger partial charge in [-0.25, -0.2) is 9.13 Å². The molecule has 0 aromatic rings. The number of amidine groups is 1. The zero-order chi connectivity index (χ0) is 20.5. The predicted octanol–water partition coefficient (Wildman–Crippen LogP) is 3.02. The second-order valence-corrected chi connectivity index (χ2v) is 9.18. The van der Waals surface area contributed by atoms with Crippen LogP contribution in [0.3, 0.4) is 0 Å². The summed E-state index contributed by atoms with van der Waals surface area (Å²) in [5.41, 5.74) is 5.76. The molecule has 0 aromatic carbocycles. The van der Waals surface area contributed by atoms with Gasteiger partial charge in [0.15, 0.2) is 5.84 Å². The summed E-state index contributed by atoms with van der Waals surface area (Å²) in [5.74, 6) is -0.279. The van der Waals surface area contributed by atoms with E-state index in [1.165, 1.54) is 11.6 Å². The van der Waals surface area contributed by atoms with Gasteiger partial charge in [0.25, 0.3) is 0 Å². The highest BCUT2D eigenvalue weighted by molar-refractivity contribution is 7.64. The lowest BCUT2D eigenvalue weighted by Crippen LogP contribution is -2.32. The Morgan fingerprint density at radius 3 is 2.44 bits per heavy atom. The van der Waals surface area contributed by atoms with E-state index in [1.54, 1.807) is 20.8 Å². The van der Waals surface area contributed by atoms with Crippen LogP contribution in [0.2, 0.25) is 0 Å². The Kier molecular flexibility index (Phi) is 9.94. The molecule has 27 heavy (non-hydrogen) atoms. The molecule has 158 valence electrons. The molecule has 1 heterocycles. The van der Waals surface area contributed by atoms with E-state index in [9.17, 15) is 13.9 Å². The number of carbonyl (C=O) groups is 1. The molecule has 0 aromatic heterocycles. The van der Waals surface area contributed by atoms with Crippen LogP contribution in [0.25, 0.3) is 0 Å². The van der Waals surface area contributed by atoms with Crippen molar-refractivity contribution in [2.75, 3.05) is 26.4 Å². The maximum atomic E-state index is 13.2. The lowest BCUT2D eigenvalue weighted by Gasteiger charge is -2.28. The summed E-state index contributed by atoms with van der Waals surface area (Å²) >= 11 is 0. The van der Waals surface area contributed by atoms with Gasteiger partial charge in [0, 0.05) is 6.54 Å². The van der Waals surface area contributed by atoms with Crippen molar-refractivity contribution in [3.8, 4) is 0 Å². The zero-order valence-electron chi connectivity index (χ0n) is 16.2. The molecule has 13 heteroatoms. The lowest BCUT2D eigenvalue weighted by molar-refractivity contribution is -0.144. The third kappa shape index (κ3) is 7.18. The first kappa shape index (κ1) is 24.1. The number of nitrogens with two attached hydrogens (primary N) is 1. The van der Waals surface area contributed by atoms with Gasteiger partial charge < -0.3 is 10.5 Å². The summed E-state index contributed by atoms with van der Waals surface area (Å²) in [6.45, 7) is 7.00. The van der Waals surface area contributed by atoms with Crippen LogP contribution in [0.5, 0.6) is 0 Å². The number of carbonyl (C=O) groups excluding carboxylic acids is 1. The molecule has 0 fully saturated rings. The second kappa shape index (κ2) is 11.1. The second-order valence-electron chi connectivity index (χ2n) is 5.53. The third-order valence-corrected chi connectivity index (χ3v) is 7.60. The Morgan fingerprint density at radius 1 is 1.19 bits per heavy atom. The van der Waals surface area contributed by atoms with Gasteiger partial charge in [0.05, 0.1) is 19.8 Å². The molecular formula is C14H29N3O8P2. The van der Waals surface area contributed by atoms with Crippen molar-refractivity contribution < 1.29 is 36.6 Å². The lowest BCUT2D eigenvalue weighted by atomic mass is 10.1. The summed E-state index contributed by atoms with van der Waals surface area (Å²) in [6, 6.07) is -0.722. The minimum atomic E-state index is -4.16. The predicted molar refractivity (Wildman–Crippen MR) is 98.9 cm³/mol. The number of hydrogen-bond acceptors (Lipinski definition) is 10. The molecule has 0 spiro atoms. The van der Waals surface area contributed by atoms with E-state index < -0.39 is 27.6 Å². The van der Waals surface area contributed by atoms with Crippen LogP contribution in [-0.4, -0.2) is 48.9 Å². The van der Waals surface area contributed by atoms with Gasteiger partial charge in [-0.2, -0.15) is 4.31 Å². The fraction of sp³-hybridized carbons (Fsp3) is 0.857. The van der Waals surface area contributed by atoms with Crippen LogP contribution >= 0.6 is 15.6 Å². The van der Waals surface area contributed by atoms with Crippen molar-refractivity contribution in [2.24, 2.45) is 10.9 Å². The van der Waals surface area contributed by atoms with Gasteiger partial charge in [0.1, 0.15) is 6.04 Å². The van der Waals surface area contributed by atoms with Crippen molar-refractivity contribution in [1.82, 2.24) is 4.67 Å². The largest absolute Gasteiger partial charge is 0.559 e. The molecule has 0 radical (unpaired) electrons. The molecule has 1 rings (SSSR count). The maximum absolute atomic E-state index is 13.2. The number of rotatable bonds is 11. The summed E-state index contributed by atoms with van der Waals surface area (Å²) in [5, 5.41) is 3.70. The monoisotopic (exact) mass is 429 g/mol. The van der Waals surface area contributed by atoms with E-state index in [0.717, 1.165) is 0 Å². The van der Waals surface area contributed by atoms with E-state index in [2.05, 4.69) is 5.16 Å². The smallest absolute Gasteiger partial charge is 0.465 e. The SMILES string of the molecule is CCOC(=O)C(N)CCCCN1C(C)=NOP(=O)(OCC)OP1(=O)OCC. The quantitative estimate of drug-likeness (QED) is 0.296. The summed E-state index contributed by atoms with van der Waals surface area (Å²) < 4.78 is 52.0. The number of hydrogen-bond donors (Lipinski definition) is 1. The van der Waals surface area contributed by atoms with Crippen molar-refractivity contribution in [3.05, 3.63) is 0 Å². The van der Waals surface area contributed by atoms with Crippen LogP contribution in [-0.2, 0) is 36.6 Å². The van der Waals surface area contributed by atoms with Crippen LogP contribution in [0, 0.1) is 0 Å². The number of nitrogens with zero attached hydrogens (tertiary/aromatic N) is 2. The Labute approximate surface area is 159 Å². The van der Waals surface area contributed by atoms with Crippen molar-refractivity contribution in [3.63, 3.8) is 0 Å². The highest BCUT2D eigenvalue weighted by Crippen LogP contribution is 2.68. The van der Waals surface area contributed by atoms with Crippen molar-refractivity contribution >= 4 is 27.4 Å². The van der Waals surface area contributed by atoms with Crippen LogP contribution in [0.15, 0.2) is 5.16 Å². The van der Waals surface area contributed by atoms with Gasteiger partial charge in [-0.15, -0.1) is 0 Å². The first-order valence-corrected chi connectivity index (χ1v) is 11.8. The minimum absolute atomic E-state index is 0.0176. The number of unbranched alkanes of at least 4 members (excludes halogenated alkanes) is 1.